The summed E-state index contributed by atoms with van der Waals surface area (Å²) < 4.78 is 5.65. The summed E-state index contributed by atoms with van der Waals surface area (Å²) in [6.07, 6.45) is 5.82. The Morgan fingerprint density at radius 3 is 2.61 bits per heavy atom. The van der Waals surface area contributed by atoms with E-state index in [1.54, 1.807) is 0 Å². The zero-order chi connectivity index (χ0) is 13.0. The van der Waals surface area contributed by atoms with Crippen molar-refractivity contribution in [2.45, 2.75) is 64.2 Å². The van der Waals surface area contributed by atoms with Gasteiger partial charge in [0.25, 0.3) is 0 Å². The van der Waals surface area contributed by atoms with Gasteiger partial charge in [-0.1, -0.05) is 6.42 Å². The fourth-order valence-electron chi connectivity index (χ4n) is 3.01. The molecule has 0 bridgehead atoms. The minimum atomic E-state index is 0.172. The molecule has 1 amide bonds. The van der Waals surface area contributed by atoms with Gasteiger partial charge in [0, 0.05) is 25.6 Å². The third-order valence-electron chi connectivity index (χ3n) is 3.89. The van der Waals surface area contributed by atoms with Crippen LogP contribution in [0.3, 0.4) is 0 Å². The molecule has 0 aromatic carbocycles. The van der Waals surface area contributed by atoms with Gasteiger partial charge < -0.3 is 15.0 Å². The SMILES string of the molecule is C[C@@H]1CN(C(=O)CCC2CCCCN2)C[C@H](C)O1. The Hall–Kier alpha value is -0.610. The van der Waals surface area contributed by atoms with Gasteiger partial charge in [0.15, 0.2) is 0 Å². The number of amides is 1. The minimum Gasteiger partial charge on any atom is -0.372 e. The fraction of sp³-hybridized carbons (Fsp3) is 0.929. The first kappa shape index (κ1) is 13.8. The van der Waals surface area contributed by atoms with E-state index >= 15 is 0 Å². The van der Waals surface area contributed by atoms with Crippen molar-refractivity contribution in [3.63, 3.8) is 0 Å². The lowest BCUT2D eigenvalue weighted by Gasteiger charge is -2.35. The van der Waals surface area contributed by atoms with Crippen molar-refractivity contribution in [2.75, 3.05) is 19.6 Å². The zero-order valence-corrected chi connectivity index (χ0v) is 11.7. The molecule has 3 atom stereocenters. The summed E-state index contributed by atoms with van der Waals surface area (Å²) in [5.41, 5.74) is 0. The molecule has 2 heterocycles. The van der Waals surface area contributed by atoms with Crippen LogP contribution in [0.2, 0.25) is 0 Å². The Bertz CT molecular complexity index is 267. The molecule has 2 aliphatic heterocycles. The summed E-state index contributed by atoms with van der Waals surface area (Å²) >= 11 is 0. The average Bonchev–Trinajstić information content (AvgIpc) is 2.36. The third-order valence-corrected chi connectivity index (χ3v) is 3.89. The topological polar surface area (TPSA) is 41.6 Å². The summed E-state index contributed by atoms with van der Waals surface area (Å²) in [5, 5.41) is 3.50. The van der Waals surface area contributed by atoms with Crippen molar-refractivity contribution in [3.8, 4) is 0 Å². The molecule has 2 saturated heterocycles. The van der Waals surface area contributed by atoms with Gasteiger partial charge in [-0.15, -0.1) is 0 Å². The van der Waals surface area contributed by atoms with E-state index in [-0.39, 0.29) is 12.2 Å². The number of morpholine rings is 1. The third kappa shape index (κ3) is 3.95. The van der Waals surface area contributed by atoms with Gasteiger partial charge in [0.05, 0.1) is 12.2 Å². The maximum Gasteiger partial charge on any atom is 0.222 e. The van der Waals surface area contributed by atoms with Gasteiger partial charge in [0.2, 0.25) is 5.91 Å². The van der Waals surface area contributed by atoms with Crippen LogP contribution in [0, 0.1) is 0 Å². The van der Waals surface area contributed by atoms with E-state index in [0.717, 1.165) is 26.1 Å². The molecule has 0 spiro atoms. The molecule has 4 nitrogen and oxygen atoms in total. The van der Waals surface area contributed by atoms with Crippen LogP contribution in [0.4, 0.5) is 0 Å². The number of nitrogens with one attached hydrogen (secondary N) is 1. The highest BCUT2D eigenvalue weighted by Gasteiger charge is 2.26. The summed E-state index contributed by atoms with van der Waals surface area (Å²) in [6.45, 7) is 6.70. The molecule has 1 unspecified atom stereocenters. The van der Waals surface area contributed by atoms with Crippen LogP contribution < -0.4 is 5.32 Å². The van der Waals surface area contributed by atoms with Gasteiger partial charge in [-0.25, -0.2) is 0 Å². The molecule has 2 rings (SSSR count). The van der Waals surface area contributed by atoms with Crippen LogP contribution in [-0.4, -0.2) is 48.7 Å². The largest absolute Gasteiger partial charge is 0.372 e. The van der Waals surface area contributed by atoms with Crippen molar-refractivity contribution in [3.05, 3.63) is 0 Å². The van der Waals surface area contributed by atoms with Crippen LogP contribution in [0.1, 0.15) is 46.0 Å². The quantitative estimate of drug-likeness (QED) is 0.831. The van der Waals surface area contributed by atoms with Gasteiger partial charge in [-0.2, -0.15) is 0 Å². The first-order valence-electron chi connectivity index (χ1n) is 7.32. The standard InChI is InChI=1S/C14H26N2O2/c1-11-9-16(10-12(2)18-11)14(17)7-6-13-5-3-4-8-15-13/h11-13,15H,3-10H2,1-2H3/t11-,12+,13?. The van der Waals surface area contributed by atoms with Crippen LogP contribution in [0.25, 0.3) is 0 Å². The second-order valence-corrected chi connectivity index (χ2v) is 5.74. The Kier molecular flexibility index (Phi) is 5.01. The van der Waals surface area contributed by atoms with Crippen molar-refractivity contribution in [1.82, 2.24) is 10.2 Å². The maximum atomic E-state index is 12.2. The lowest BCUT2D eigenvalue weighted by atomic mass is 10.00. The van der Waals surface area contributed by atoms with E-state index < -0.39 is 0 Å². The Morgan fingerprint density at radius 1 is 1.28 bits per heavy atom. The Labute approximate surface area is 110 Å². The van der Waals surface area contributed by atoms with E-state index in [2.05, 4.69) is 5.32 Å². The minimum absolute atomic E-state index is 0.172. The molecule has 0 aliphatic carbocycles. The smallest absolute Gasteiger partial charge is 0.222 e. The van der Waals surface area contributed by atoms with E-state index in [0.29, 0.717) is 18.4 Å². The maximum absolute atomic E-state index is 12.2. The van der Waals surface area contributed by atoms with E-state index in [1.165, 1.54) is 19.3 Å². The number of hydrogen-bond donors (Lipinski definition) is 1. The van der Waals surface area contributed by atoms with E-state index in [1.807, 2.05) is 18.7 Å². The second-order valence-electron chi connectivity index (χ2n) is 5.74. The van der Waals surface area contributed by atoms with Crippen LogP contribution in [-0.2, 0) is 9.53 Å². The highest BCUT2D eigenvalue weighted by Crippen LogP contribution is 2.15. The Morgan fingerprint density at radius 2 is 2.00 bits per heavy atom. The molecule has 0 radical (unpaired) electrons. The predicted molar refractivity (Wildman–Crippen MR) is 71.5 cm³/mol. The van der Waals surface area contributed by atoms with Crippen molar-refractivity contribution < 1.29 is 9.53 Å². The van der Waals surface area contributed by atoms with E-state index in [9.17, 15) is 4.79 Å². The number of ether oxygens (including phenoxy) is 1. The number of carbonyl (C=O) groups is 1. The summed E-state index contributed by atoms with van der Waals surface area (Å²) in [6, 6.07) is 0.554. The number of piperidine rings is 1. The van der Waals surface area contributed by atoms with Gasteiger partial charge >= 0.3 is 0 Å². The molecular formula is C14H26N2O2. The normalized spacial score (nSPS) is 33.4. The molecule has 2 fully saturated rings. The number of carbonyl (C=O) groups excluding carboxylic acids is 1. The average molecular weight is 254 g/mol. The monoisotopic (exact) mass is 254 g/mol. The number of rotatable bonds is 3. The lowest BCUT2D eigenvalue weighted by molar-refractivity contribution is -0.143. The predicted octanol–water partition coefficient (Wildman–Crippen LogP) is 1.54. The first-order chi connectivity index (χ1) is 8.65. The summed E-state index contributed by atoms with van der Waals surface area (Å²) in [5.74, 6) is 0.296. The molecular weight excluding hydrogens is 228 g/mol. The van der Waals surface area contributed by atoms with Crippen LogP contribution in [0.15, 0.2) is 0 Å². The fourth-order valence-corrected chi connectivity index (χ4v) is 3.01. The lowest BCUT2D eigenvalue weighted by Crippen LogP contribution is -2.48. The molecule has 2 aliphatic rings. The molecule has 0 aromatic heterocycles. The van der Waals surface area contributed by atoms with Crippen LogP contribution in [0.5, 0.6) is 0 Å². The molecule has 18 heavy (non-hydrogen) atoms. The highest BCUT2D eigenvalue weighted by molar-refractivity contribution is 5.76. The van der Waals surface area contributed by atoms with Crippen LogP contribution >= 0.6 is 0 Å². The van der Waals surface area contributed by atoms with Gasteiger partial charge in [-0.05, 0) is 39.7 Å². The van der Waals surface area contributed by atoms with Crippen molar-refractivity contribution in [1.29, 1.82) is 0 Å². The van der Waals surface area contributed by atoms with Crippen molar-refractivity contribution >= 4 is 5.91 Å². The van der Waals surface area contributed by atoms with Gasteiger partial charge in [-0.3, -0.25) is 4.79 Å². The molecule has 4 heteroatoms. The summed E-state index contributed by atoms with van der Waals surface area (Å²) in [4.78, 5) is 14.1. The zero-order valence-electron chi connectivity index (χ0n) is 11.7. The number of hydrogen-bond acceptors (Lipinski definition) is 3. The first-order valence-corrected chi connectivity index (χ1v) is 7.32. The Balaban J connectivity index is 1.73. The van der Waals surface area contributed by atoms with Gasteiger partial charge in [0.1, 0.15) is 0 Å². The van der Waals surface area contributed by atoms with E-state index in [4.69, 9.17) is 4.74 Å². The second kappa shape index (κ2) is 6.53. The molecule has 104 valence electrons. The van der Waals surface area contributed by atoms with Crippen molar-refractivity contribution in [2.24, 2.45) is 0 Å². The number of nitrogens with zero attached hydrogens (tertiary/aromatic N) is 1. The highest BCUT2D eigenvalue weighted by atomic mass is 16.5. The molecule has 1 N–H and O–H groups in total. The molecule has 0 saturated carbocycles. The molecule has 0 aromatic rings. The summed E-state index contributed by atoms with van der Waals surface area (Å²) in [7, 11) is 0.